The van der Waals surface area contributed by atoms with E-state index in [4.69, 9.17) is 11.6 Å². The summed E-state index contributed by atoms with van der Waals surface area (Å²) in [4.78, 5) is 19.4. The van der Waals surface area contributed by atoms with Gasteiger partial charge in [-0.15, -0.1) is 0 Å². The van der Waals surface area contributed by atoms with Crippen molar-refractivity contribution in [1.29, 1.82) is 0 Å². The van der Waals surface area contributed by atoms with Crippen molar-refractivity contribution in [3.05, 3.63) is 64.2 Å². The summed E-state index contributed by atoms with van der Waals surface area (Å²) in [6.45, 7) is 1.66. The van der Waals surface area contributed by atoms with Gasteiger partial charge in [-0.25, -0.2) is 9.37 Å². The number of ketones is 1. The maximum absolute atomic E-state index is 14.5. The summed E-state index contributed by atoms with van der Waals surface area (Å²) in [6.07, 6.45) is 5.18. The van der Waals surface area contributed by atoms with Crippen molar-refractivity contribution in [3.63, 3.8) is 0 Å². The van der Waals surface area contributed by atoms with Crippen molar-refractivity contribution in [1.82, 2.24) is 4.98 Å². The highest BCUT2D eigenvalue weighted by Gasteiger charge is 2.45. The van der Waals surface area contributed by atoms with Crippen molar-refractivity contribution >= 4 is 23.1 Å². The number of halogens is 4. The summed E-state index contributed by atoms with van der Waals surface area (Å²) >= 11 is 5.55. The molecular weight excluding hydrogens is 329 g/mol. The van der Waals surface area contributed by atoms with E-state index in [2.05, 4.69) is 9.98 Å². The standard InChI is InChI=1S/C16H12ClF3N2O/c1-3-9-8-10(4-6-12(9)21-2)16(19,20)15(23)14-11(18)5-7-13(17)22-14/h3-8H,1-2H3/b9-3-,21-12?. The average Bonchev–Trinajstić information content (AvgIpc) is 2.55. The van der Waals surface area contributed by atoms with Crippen LogP contribution in [0.3, 0.4) is 0 Å². The monoisotopic (exact) mass is 340 g/mol. The van der Waals surface area contributed by atoms with Gasteiger partial charge in [0.1, 0.15) is 5.15 Å². The number of allylic oxidation sites excluding steroid dienone is 6. The Balaban J connectivity index is 2.46. The van der Waals surface area contributed by atoms with Crippen LogP contribution in [-0.4, -0.2) is 29.4 Å². The van der Waals surface area contributed by atoms with Crippen LogP contribution in [0.25, 0.3) is 0 Å². The number of aromatic nitrogens is 1. The van der Waals surface area contributed by atoms with Gasteiger partial charge >= 0.3 is 5.92 Å². The Hall–Kier alpha value is -2.21. The number of aliphatic imine (C=N–C) groups is 1. The molecule has 0 unspecified atom stereocenters. The Morgan fingerprint density at radius 3 is 2.65 bits per heavy atom. The number of Topliss-reactive ketones (excluding diaryl/α,β-unsaturated/α-hetero) is 1. The van der Waals surface area contributed by atoms with Crippen LogP contribution >= 0.6 is 11.6 Å². The van der Waals surface area contributed by atoms with Crippen molar-refractivity contribution in [2.45, 2.75) is 12.8 Å². The molecule has 0 saturated carbocycles. The first-order valence-electron chi connectivity index (χ1n) is 6.59. The summed E-state index contributed by atoms with van der Waals surface area (Å²) in [7, 11) is 1.52. The van der Waals surface area contributed by atoms with E-state index in [-0.39, 0.29) is 5.15 Å². The van der Waals surface area contributed by atoms with Gasteiger partial charge in [-0.2, -0.15) is 8.78 Å². The molecule has 1 aliphatic rings. The average molecular weight is 341 g/mol. The molecule has 1 aliphatic carbocycles. The molecule has 7 heteroatoms. The Labute approximate surface area is 135 Å². The van der Waals surface area contributed by atoms with Gasteiger partial charge in [0.2, 0.25) is 0 Å². The second-order valence-electron chi connectivity index (χ2n) is 4.65. The summed E-state index contributed by atoms with van der Waals surface area (Å²) < 4.78 is 42.5. The number of alkyl halides is 2. The van der Waals surface area contributed by atoms with E-state index in [0.717, 1.165) is 24.3 Å². The van der Waals surface area contributed by atoms with Gasteiger partial charge in [-0.1, -0.05) is 23.8 Å². The highest BCUT2D eigenvalue weighted by molar-refractivity contribution is 6.29. The van der Waals surface area contributed by atoms with Crippen LogP contribution in [0.4, 0.5) is 13.2 Å². The minimum absolute atomic E-state index is 0.242. The normalized spacial score (nSPS) is 18.4. The van der Waals surface area contributed by atoms with Crippen molar-refractivity contribution in [2.24, 2.45) is 4.99 Å². The van der Waals surface area contributed by atoms with E-state index in [9.17, 15) is 18.0 Å². The molecule has 0 aliphatic heterocycles. The molecule has 0 radical (unpaired) electrons. The van der Waals surface area contributed by atoms with Crippen LogP contribution in [0.5, 0.6) is 0 Å². The Bertz CT molecular complexity index is 780. The lowest BCUT2D eigenvalue weighted by Crippen LogP contribution is -2.33. The SMILES string of the molecule is C/C=C1/C=C(C(F)(F)C(=O)c2nc(Cl)ccc2F)C=CC1=NC. The molecule has 0 bridgehead atoms. The van der Waals surface area contributed by atoms with Crippen molar-refractivity contribution < 1.29 is 18.0 Å². The van der Waals surface area contributed by atoms with Gasteiger partial charge in [0.05, 0.1) is 5.71 Å². The highest BCUT2D eigenvalue weighted by Crippen LogP contribution is 2.33. The third-order valence-electron chi connectivity index (χ3n) is 3.25. The van der Waals surface area contributed by atoms with Gasteiger partial charge in [0, 0.05) is 12.6 Å². The quantitative estimate of drug-likeness (QED) is 0.611. The predicted molar refractivity (Wildman–Crippen MR) is 82.8 cm³/mol. The molecule has 23 heavy (non-hydrogen) atoms. The molecule has 0 atom stereocenters. The molecule has 1 aromatic rings. The van der Waals surface area contributed by atoms with Gasteiger partial charge in [0.25, 0.3) is 5.78 Å². The van der Waals surface area contributed by atoms with Crippen molar-refractivity contribution in [3.8, 4) is 0 Å². The molecule has 3 nitrogen and oxygen atoms in total. The number of hydrogen-bond acceptors (Lipinski definition) is 3. The largest absolute Gasteiger partial charge is 0.336 e. The lowest BCUT2D eigenvalue weighted by Gasteiger charge is -2.19. The minimum Gasteiger partial charge on any atom is -0.288 e. The van der Waals surface area contributed by atoms with Gasteiger partial charge < -0.3 is 0 Å². The lowest BCUT2D eigenvalue weighted by molar-refractivity contribution is 0.0328. The zero-order valence-corrected chi connectivity index (χ0v) is 13.0. The first-order chi connectivity index (χ1) is 10.8. The zero-order chi connectivity index (χ0) is 17.2. The first-order valence-corrected chi connectivity index (χ1v) is 6.97. The van der Waals surface area contributed by atoms with Gasteiger partial charge in [-0.05, 0) is 36.8 Å². The molecule has 0 saturated heterocycles. The summed E-state index contributed by atoms with van der Waals surface area (Å²) in [5, 5.41) is -0.242. The fourth-order valence-electron chi connectivity index (χ4n) is 2.04. The Morgan fingerprint density at radius 2 is 2.04 bits per heavy atom. The fraction of sp³-hybridized carbons (Fsp3) is 0.188. The van der Waals surface area contributed by atoms with Gasteiger partial charge in [0.15, 0.2) is 11.5 Å². The number of rotatable bonds is 3. The molecule has 2 rings (SSSR count). The Kier molecular flexibility index (Phi) is 4.85. The topological polar surface area (TPSA) is 42.3 Å². The number of hydrogen-bond donors (Lipinski definition) is 0. The molecular formula is C16H12ClF3N2O. The molecule has 0 amide bonds. The maximum atomic E-state index is 14.5. The van der Waals surface area contributed by atoms with Crippen LogP contribution in [0.1, 0.15) is 17.4 Å². The Morgan fingerprint density at radius 1 is 1.35 bits per heavy atom. The third kappa shape index (κ3) is 3.27. The van der Waals surface area contributed by atoms with E-state index >= 15 is 0 Å². The number of pyridine rings is 1. The summed E-state index contributed by atoms with van der Waals surface area (Å²) in [6, 6.07) is 1.90. The predicted octanol–water partition coefficient (Wildman–Crippen LogP) is 4.21. The van der Waals surface area contributed by atoms with E-state index in [0.29, 0.717) is 11.3 Å². The highest BCUT2D eigenvalue weighted by atomic mass is 35.5. The lowest BCUT2D eigenvalue weighted by atomic mass is 9.93. The van der Waals surface area contributed by atoms with Crippen LogP contribution in [0.2, 0.25) is 5.15 Å². The second-order valence-corrected chi connectivity index (χ2v) is 5.04. The number of carbonyl (C=O) groups excluding carboxylic acids is 1. The van der Waals surface area contributed by atoms with E-state index in [1.807, 2.05) is 0 Å². The van der Waals surface area contributed by atoms with E-state index in [1.165, 1.54) is 13.1 Å². The molecule has 120 valence electrons. The first kappa shape index (κ1) is 17.1. The maximum Gasteiger partial charge on any atom is 0.336 e. The summed E-state index contributed by atoms with van der Waals surface area (Å²) in [5.74, 6) is -6.84. The van der Waals surface area contributed by atoms with Crippen LogP contribution in [0.15, 0.2) is 52.6 Å². The minimum atomic E-state index is -3.94. The van der Waals surface area contributed by atoms with E-state index in [1.54, 1.807) is 13.0 Å². The van der Waals surface area contributed by atoms with E-state index < -0.39 is 28.8 Å². The zero-order valence-electron chi connectivity index (χ0n) is 12.3. The summed E-state index contributed by atoms with van der Waals surface area (Å²) in [5.41, 5.74) is -0.610. The van der Waals surface area contributed by atoms with Gasteiger partial charge in [-0.3, -0.25) is 9.79 Å². The molecule has 1 aromatic heterocycles. The number of carbonyl (C=O) groups is 1. The third-order valence-corrected chi connectivity index (χ3v) is 3.46. The second kappa shape index (κ2) is 6.50. The van der Waals surface area contributed by atoms with Crippen LogP contribution in [-0.2, 0) is 0 Å². The molecule has 0 N–H and O–H groups in total. The van der Waals surface area contributed by atoms with Crippen molar-refractivity contribution in [2.75, 3.05) is 7.05 Å². The molecule has 0 spiro atoms. The smallest absolute Gasteiger partial charge is 0.288 e. The van der Waals surface area contributed by atoms with Crippen LogP contribution < -0.4 is 0 Å². The molecule has 0 fully saturated rings. The molecule has 0 aromatic carbocycles. The fourth-order valence-corrected chi connectivity index (χ4v) is 2.19. The number of nitrogens with zero attached hydrogens (tertiary/aromatic N) is 2. The molecule has 1 heterocycles. The van der Waals surface area contributed by atoms with Crippen LogP contribution in [0, 0.1) is 5.82 Å².